The van der Waals surface area contributed by atoms with Gasteiger partial charge in [0.15, 0.2) is 0 Å². The van der Waals surface area contributed by atoms with Crippen molar-refractivity contribution in [3.05, 3.63) is 28.2 Å². The molecule has 0 saturated carbocycles. The molecule has 21 heavy (non-hydrogen) atoms. The van der Waals surface area contributed by atoms with Crippen molar-refractivity contribution in [2.75, 3.05) is 13.1 Å². The van der Waals surface area contributed by atoms with E-state index in [1.54, 1.807) is 0 Å². The summed E-state index contributed by atoms with van der Waals surface area (Å²) < 4.78 is 53.1. The van der Waals surface area contributed by atoms with Crippen molar-refractivity contribution in [3.8, 4) is 0 Å². The highest BCUT2D eigenvalue weighted by Crippen LogP contribution is 2.33. The van der Waals surface area contributed by atoms with Gasteiger partial charge >= 0.3 is 0 Å². The van der Waals surface area contributed by atoms with E-state index < -0.39 is 38.0 Å². The van der Waals surface area contributed by atoms with Crippen LogP contribution in [0.25, 0.3) is 0 Å². The summed E-state index contributed by atoms with van der Waals surface area (Å²) in [6.07, 6.45) is 0. The fourth-order valence-electron chi connectivity index (χ4n) is 2.19. The van der Waals surface area contributed by atoms with Crippen LogP contribution in [-0.2, 0) is 14.8 Å². The van der Waals surface area contributed by atoms with Gasteiger partial charge in [0.1, 0.15) is 22.1 Å². The number of benzene rings is 1. The summed E-state index contributed by atoms with van der Waals surface area (Å²) in [4.78, 5) is 11.2. The van der Waals surface area contributed by atoms with E-state index in [-0.39, 0.29) is 17.6 Å². The van der Waals surface area contributed by atoms with Crippen molar-refractivity contribution >= 4 is 31.9 Å². The molecule has 9 heteroatoms. The summed E-state index contributed by atoms with van der Waals surface area (Å²) >= 11 is 2.87. The lowest BCUT2D eigenvalue weighted by atomic mass is 10.0. The number of carbonyl (C=O) groups is 1. The number of sulfonamides is 1. The van der Waals surface area contributed by atoms with Crippen LogP contribution in [0.3, 0.4) is 0 Å². The number of hydrogen-bond acceptors (Lipinski definition) is 3. The molecule has 1 aliphatic heterocycles. The van der Waals surface area contributed by atoms with Crippen molar-refractivity contribution in [2.45, 2.75) is 24.3 Å². The van der Waals surface area contributed by atoms with Gasteiger partial charge in [0.25, 0.3) is 0 Å². The normalized spacial score (nSPS) is 19.4. The molecule has 5 nitrogen and oxygen atoms in total. The van der Waals surface area contributed by atoms with Crippen LogP contribution < -0.4 is 5.32 Å². The third kappa shape index (κ3) is 2.69. The molecule has 0 aliphatic carbocycles. The van der Waals surface area contributed by atoms with Gasteiger partial charge in [-0.25, -0.2) is 17.2 Å². The predicted molar refractivity (Wildman–Crippen MR) is 75.0 cm³/mol. The van der Waals surface area contributed by atoms with Gasteiger partial charge in [0.05, 0.1) is 0 Å². The second kappa shape index (κ2) is 5.29. The largest absolute Gasteiger partial charge is 0.353 e. The van der Waals surface area contributed by atoms with Crippen LogP contribution in [0.1, 0.15) is 13.8 Å². The quantitative estimate of drug-likeness (QED) is 0.844. The molecule has 1 aromatic rings. The van der Waals surface area contributed by atoms with Gasteiger partial charge in [-0.15, -0.1) is 0 Å². The second-order valence-corrected chi connectivity index (χ2v) is 7.74. The predicted octanol–water partition coefficient (Wildman–Crippen LogP) is 1.63. The van der Waals surface area contributed by atoms with Crippen LogP contribution in [0.5, 0.6) is 0 Å². The molecule has 1 fully saturated rings. The number of nitrogens with zero attached hydrogens (tertiary/aromatic N) is 1. The molecular weight excluding hydrogens is 370 g/mol. The van der Waals surface area contributed by atoms with Crippen LogP contribution in [0.2, 0.25) is 0 Å². The van der Waals surface area contributed by atoms with Crippen LogP contribution in [0.15, 0.2) is 21.5 Å². The summed E-state index contributed by atoms with van der Waals surface area (Å²) in [5.41, 5.74) is -1.36. The molecule has 1 aromatic carbocycles. The lowest BCUT2D eigenvalue weighted by molar-refractivity contribution is -0.131. The smallest absolute Gasteiger partial charge is 0.248 e. The monoisotopic (exact) mass is 382 g/mol. The number of nitrogens with one attached hydrogen (secondary N) is 1. The summed E-state index contributed by atoms with van der Waals surface area (Å²) in [5, 5.41) is 2.55. The number of halogens is 3. The van der Waals surface area contributed by atoms with E-state index in [2.05, 4.69) is 21.2 Å². The second-order valence-electron chi connectivity index (χ2n) is 5.09. The molecule has 1 heterocycles. The molecule has 0 unspecified atom stereocenters. The Morgan fingerprint density at radius 1 is 1.33 bits per heavy atom. The third-order valence-electron chi connectivity index (χ3n) is 3.29. The first-order chi connectivity index (χ1) is 9.58. The Kier molecular flexibility index (Phi) is 4.11. The van der Waals surface area contributed by atoms with E-state index in [1.807, 2.05) is 0 Å². The lowest BCUT2D eigenvalue weighted by Crippen LogP contribution is -2.63. The maximum Gasteiger partial charge on any atom is 0.248 e. The van der Waals surface area contributed by atoms with Gasteiger partial charge in [0, 0.05) is 23.6 Å². The van der Waals surface area contributed by atoms with E-state index in [9.17, 15) is 22.0 Å². The van der Waals surface area contributed by atoms with Gasteiger partial charge in [-0.1, -0.05) is 0 Å². The van der Waals surface area contributed by atoms with Crippen LogP contribution >= 0.6 is 15.9 Å². The Balaban J connectivity index is 2.60. The summed E-state index contributed by atoms with van der Waals surface area (Å²) in [5.74, 6) is -2.58. The maximum absolute atomic E-state index is 13.9. The maximum atomic E-state index is 13.9. The summed E-state index contributed by atoms with van der Waals surface area (Å²) in [6, 6.07) is 1.36. The Morgan fingerprint density at radius 2 is 1.95 bits per heavy atom. The van der Waals surface area contributed by atoms with Gasteiger partial charge in [-0.2, -0.15) is 4.31 Å². The molecule has 116 valence electrons. The van der Waals surface area contributed by atoms with E-state index in [4.69, 9.17) is 0 Å². The standard InChI is InChI=1S/C12H13BrF2N2O3S/c1-12(2)11(18)16-3-4-17(12)21(19,20)10-8(13)5-7(14)6-9(10)15/h5-6H,3-4H2,1-2H3,(H,16,18). The Hall–Kier alpha value is -1.06. The van der Waals surface area contributed by atoms with E-state index >= 15 is 0 Å². The zero-order valence-corrected chi connectivity index (χ0v) is 13.7. The van der Waals surface area contributed by atoms with Gasteiger partial charge < -0.3 is 5.32 Å². The van der Waals surface area contributed by atoms with Crippen LogP contribution in [-0.4, -0.2) is 37.3 Å². The average molecular weight is 383 g/mol. The highest BCUT2D eigenvalue weighted by atomic mass is 79.9. The average Bonchev–Trinajstić information content (AvgIpc) is 2.30. The molecule has 0 radical (unpaired) electrons. The molecular formula is C12H13BrF2N2O3S. The van der Waals surface area contributed by atoms with Crippen molar-refractivity contribution in [3.63, 3.8) is 0 Å². The molecule has 1 N–H and O–H groups in total. The fraction of sp³-hybridized carbons (Fsp3) is 0.417. The van der Waals surface area contributed by atoms with Crippen LogP contribution in [0, 0.1) is 11.6 Å². The summed E-state index contributed by atoms with van der Waals surface area (Å²) in [7, 11) is -4.30. The molecule has 1 saturated heterocycles. The molecule has 2 rings (SSSR count). The van der Waals surface area contributed by atoms with Crippen LogP contribution in [0.4, 0.5) is 8.78 Å². The zero-order valence-electron chi connectivity index (χ0n) is 11.3. The van der Waals surface area contributed by atoms with E-state index in [0.717, 1.165) is 10.4 Å². The first kappa shape index (κ1) is 16.3. The van der Waals surface area contributed by atoms with Crippen molar-refractivity contribution in [1.29, 1.82) is 0 Å². The minimum Gasteiger partial charge on any atom is -0.353 e. The Labute approximate surface area is 129 Å². The highest BCUT2D eigenvalue weighted by molar-refractivity contribution is 9.10. The minimum absolute atomic E-state index is 0.00430. The SMILES string of the molecule is CC1(C)C(=O)NCCN1S(=O)(=O)c1c(F)cc(F)cc1Br. The first-order valence-corrected chi connectivity index (χ1v) is 8.27. The third-order valence-corrected chi connectivity index (χ3v) is 6.33. The molecule has 0 atom stereocenters. The highest BCUT2D eigenvalue weighted by Gasteiger charge is 2.46. The van der Waals surface area contributed by atoms with Gasteiger partial charge in [-0.3, -0.25) is 4.79 Å². The molecule has 1 amide bonds. The number of piperazine rings is 1. The number of hydrogen-bond donors (Lipinski definition) is 1. The summed E-state index contributed by atoms with van der Waals surface area (Å²) in [6.45, 7) is 2.98. The van der Waals surface area contributed by atoms with Gasteiger partial charge in [0.2, 0.25) is 15.9 Å². The number of rotatable bonds is 2. The van der Waals surface area contributed by atoms with Crippen molar-refractivity contribution in [2.24, 2.45) is 0 Å². The van der Waals surface area contributed by atoms with Crippen molar-refractivity contribution < 1.29 is 22.0 Å². The van der Waals surface area contributed by atoms with Crippen molar-refractivity contribution in [1.82, 2.24) is 9.62 Å². The van der Waals surface area contributed by atoms with E-state index in [0.29, 0.717) is 6.07 Å². The molecule has 0 aromatic heterocycles. The minimum atomic E-state index is -4.30. The van der Waals surface area contributed by atoms with Gasteiger partial charge in [-0.05, 0) is 35.8 Å². The topological polar surface area (TPSA) is 66.5 Å². The molecule has 0 bridgehead atoms. The first-order valence-electron chi connectivity index (χ1n) is 6.04. The number of amides is 1. The lowest BCUT2D eigenvalue weighted by Gasteiger charge is -2.40. The van der Waals surface area contributed by atoms with E-state index in [1.165, 1.54) is 13.8 Å². The molecule has 1 aliphatic rings. The zero-order chi connectivity index (χ0) is 16.0. The fourth-order valence-corrected chi connectivity index (χ4v) is 5.05. The Morgan fingerprint density at radius 3 is 2.52 bits per heavy atom. The molecule has 0 spiro atoms. The number of carbonyl (C=O) groups excluding carboxylic acids is 1. The Bertz CT molecular complexity index is 683.